The summed E-state index contributed by atoms with van der Waals surface area (Å²) in [4.78, 5) is 38.4. The smallest absolute Gasteiger partial charge is 0.343 e. The third-order valence-corrected chi connectivity index (χ3v) is 6.97. The van der Waals surface area contributed by atoms with Crippen LogP contribution in [0.15, 0.2) is 39.7 Å². The molecule has 1 fully saturated rings. The van der Waals surface area contributed by atoms with Crippen LogP contribution in [0, 0.1) is 6.92 Å². The quantitative estimate of drug-likeness (QED) is 0.268. The predicted molar refractivity (Wildman–Crippen MR) is 142 cm³/mol. The van der Waals surface area contributed by atoms with Gasteiger partial charge in [-0.05, 0) is 65.6 Å². The first-order valence-corrected chi connectivity index (χ1v) is 12.8. The number of ether oxygens (including phenoxy) is 4. The van der Waals surface area contributed by atoms with E-state index in [9.17, 15) is 14.4 Å². The number of halogens is 1. The molecule has 2 amide bonds. The van der Waals surface area contributed by atoms with Crippen LogP contribution in [0.4, 0.5) is 4.79 Å². The Morgan fingerprint density at radius 3 is 2.50 bits per heavy atom. The van der Waals surface area contributed by atoms with Gasteiger partial charge in [0.1, 0.15) is 12.4 Å². The number of amides is 2. The van der Waals surface area contributed by atoms with Gasteiger partial charge in [0.15, 0.2) is 18.1 Å². The molecule has 0 atom stereocenters. The van der Waals surface area contributed by atoms with Crippen LogP contribution in [-0.4, -0.2) is 56.0 Å². The minimum Gasteiger partial charge on any atom is -0.493 e. The topological polar surface area (TPSA) is 91.4 Å². The van der Waals surface area contributed by atoms with Crippen LogP contribution in [0.3, 0.4) is 0 Å². The van der Waals surface area contributed by atoms with E-state index in [1.54, 1.807) is 18.2 Å². The van der Waals surface area contributed by atoms with Gasteiger partial charge in [-0.3, -0.25) is 14.5 Å². The second-order valence-corrected chi connectivity index (χ2v) is 10.1. The molecule has 3 rings (SSSR count). The number of carbonyl (C=O) groups excluding carboxylic acids is 3. The van der Waals surface area contributed by atoms with Crippen LogP contribution >= 0.6 is 27.7 Å². The maximum atomic E-state index is 13.0. The minimum atomic E-state index is -0.530. The van der Waals surface area contributed by atoms with Gasteiger partial charge in [-0.2, -0.15) is 0 Å². The van der Waals surface area contributed by atoms with Crippen molar-refractivity contribution in [3.05, 3.63) is 56.4 Å². The lowest BCUT2D eigenvalue weighted by molar-refractivity contribution is -0.142. The van der Waals surface area contributed by atoms with Gasteiger partial charge in [-0.1, -0.05) is 41.9 Å². The number of rotatable bonds is 10. The van der Waals surface area contributed by atoms with E-state index >= 15 is 0 Å². The fourth-order valence-corrected chi connectivity index (χ4v) is 4.75. The fraction of sp³-hybridized carbons (Fsp3) is 0.346. The number of hydrogen-bond acceptors (Lipinski definition) is 8. The predicted octanol–water partition coefficient (Wildman–Crippen LogP) is 5.56. The van der Waals surface area contributed by atoms with Crippen molar-refractivity contribution in [1.82, 2.24) is 4.90 Å². The first-order chi connectivity index (χ1) is 17.1. The highest BCUT2D eigenvalue weighted by Gasteiger charge is 2.35. The molecule has 1 saturated heterocycles. The Hall–Kier alpha value is -2.98. The summed E-state index contributed by atoms with van der Waals surface area (Å²) in [5, 5.41) is -0.357. The van der Waals surface area contributed by atoms with E-state index in [-0.39, 0.29) is 41.7 Å². The van der Waals surface area contributed by atoms with Crippen molar-refractivity contribution in [2.24, 2.45) is 0 Å². The molecule has 1 aliphatic heterocycles. The second-order valence-electron chi connectivity index (χ2n) is 8.27. The van der Waals surface area contributed by atoms with Crippen LogP contribution in [0.2, 0.25) is 0 Å². The Kier molecular flexibility index (Phi) is 9.44. The summed E-state index contributed by atoms with van der Waals surface area (Å²) < 4.78 is 21.9. The van der Waals surface area contributed by atoms with Crippen LogP contribution in [0.5, 0.6) is 17.2 Å². The van der Waals surface area contributed by atoms with E-state index in [4.69, 9.17) is 14.2 Å². The number of esters is 1. The molecule has 2 aromatic carbocycles. The monoisotopic (exact) mass is 577 g/mol. The molecule has 0 aliphatic carbocycles. The largest absolute Gasteiger partial charge is 0.493 e. The van der Waals surface area contributed by atoms with Crippen molar-refractivity contribution >= 4 is 50.9 Å². The van der Waals surface area contributed by atoms with Gasteiger partial charge in [-0.15, -0.1) is 0 Å². The van der Waals surface area contributed by atoms with Gasteiger partial charge in [0.2, 0.25) is 0 Å². The molecule has 1 aliphatic rings. The van der Waals surface area contributed by atoms with Crippen LogP contribution in [0.25, 0.3) is 6.08 Å². The number of benzene rings is 2. The van der Waals surface area contributed by atoms with E-state index in [1.807, 2.05) is 25.1 Å². The zero-order chi connectivity index (χ0) is 26.4. The molecule has 36 heavy (non-hydrogen) atoms. The molecule has 0 radical (unpaired) electrons. The van der Waals surface area contributed by atoms with Crippen molar-refractivity contribution in [2.45, 2.75) is 26.7 Å². The summed E-state index contributed by atoms with van der Waals surface area (Å²) in [6, 6.07) is 9.32. The third-order valence-electron chi connectivity index (χ3n) is 5.38. The van der Waals surface area contributed by atoms with Crippen molar-refractivity contribution < 1.29 is 33.3 Å². The van der Waals surface area contributed by atoms with Gasteiger partial charge in [0.25, 0.3) is 11.1 Å². The lowest BCUT2D eigenvalue weighted by Gasteiger charge is -2.17. The molecule has 2 aromatic rings. The highest BCUT2D eigenvalue weighted by atomic mass is 79.9. The molecule has 0 spiro atoms. The maximum absolute atomic E-state index is 13.0. The van der Waals surface area contributed by atoms with E-state index in [1.165, 1.54) is 19.1 Å². The molecule has 0 aromatic heterocycles. The Morgan fingerprint density at radius 1 is 1.08 bits per heavy atom. The lowest BCUT2D eigenvalue weighted by Crippen LogP contribution is -2.32. The fourth-order valence-electron chi connectivity index (χ4n) is 3.45. The van der Waals surface area contributed by atoms with Gasteiger partial charge in [-0.25, -0.2) is 4.79 Å². The van der Waals surface area contributed by atoms with Crippen LogP contribution < -0.4 is 14.2 Å². The van der Waals surface area contributed by atoms with Crippen molar-refractivity contribution in [3.63, 3.8) is 0 Å². The highest BCUT2D eigenvalue weighted by Crippen LogP contribution is 2.38. The number of nitrogens with zero attached hydrogens (tertiary/aromatic N) is 1. The Labute approximate surface area is 223 Å². The van der Waals surface area contributed by atoms with Crippen LogP contribution in [0.1, 0.15) is 36.5 Å². The van der Waals surface area contributed by atoms with Gasteiger partial charge in [0, 0.05) is 4.47 Å². The van der Waals surface area contributed by atoms with E-state index < -0.39 is 5.97 Å². The Morgan fingerprint density at radius 2 is 1.83 bits per heavy atom. The van der Waals surface area contributed by atoms with E-state index in [0.29, 0.717) is 21.5 Å². The van der Waals surface area contributed by atoms with E-state index in [0.717, 1.165) is 28.6 Å². The van der Waals surface area contributed by atoms with Crippen molar-refractivity contribution in [2.75, 3.05) is 34.0 Å². The lowest BCUT2D eigenvalue weighted by atomic mass is 10.0. The number of thioether (sulfide) groups is 1. The van der Waals surface area contributed by atoms with Crippen molar-refractivity contribution in [1.29, 1.82) is 0 Å². The SMILES string of the molecule is COC(=O)COc1cc(Br)c(/C=C2\SC(=O)N(CCOc3cc(C)ccc3C(C)C)C2=O)cc1OC. The molecule has 0 N–H and O–H groups in total. The minimum absolute atomic E-state index is 0.137. The molecule has 10 heteroatoms. The van der Waals surface area contributed by atoms with Crippen molar-refractivity contribution in [3.8, 4) is 17.2 Å². The molecule has 0 bridgehead atoms. The van der Waals surface area contributed by atoms with E-state index in [2.05, 4.69) is 34.5 Å². The van der Waals surface area contributed by atoms with Crippen LogP contribution in [-0.2, 0) is 14.3 Å². The standard InChI is InChI=1S/C26H28BrNO7S/c1-15(2)18-7-6-16(3)10-20(18)34-9-8-28-25(30)23(36-26(28)31)12-17-11-21(32-4)22(13-19(17)27)35-14-24(29)33-5/h6-7,10-13,15H,8-9,14H2,1-5H3/b23-12-. The molecular weight excluding hydrogens is 550 g/mol. The average Bonchev–Trinajstić information content (AvgIpc) is 3.10. The van der Waals surface area contributed by atoms with Gasteiger partial charge in [0.05, 0.1) is 25.7 Å². The molecular formula is C26H28BrNO7S. The summed E-state index contributed by atoms with van der Waals surface area (Å²) in [5.74, 6) is 0.817. The molecule has 1 heterocycles. The molecule has 8 nitrogen and oxygen atoms in total. The number of carbonyl (C=O) groups is 3. The first-order valence-electron chi connectivity index (χ1n) is 11.2. The highest BCUT2D eigenvalue weighted by molar-refractivity contribution is 9.10. The second kappa shape index (κ2) is 12.3. The zero-order valence-corrected chi connectivity index (χ0v) is 23.2. The molecule has 192 valence electrons. The summed E-state index contributed by atoms with van der Waals surface area (Å²) >= 11 is 4.31. The molecule has 0 unspecified atom stereocenters. The summed E-state index contributed by atoms with van der Waals surface area (Å²) in [6.07, 6.45) is 1.61. The first kappa shape index (κ1) is 27.6. The Balaban J connectivity index is 1.72. The number of aryl methyl sites for hydroxylation is 1. The molecule has 0 saturated carbocycles. The Bertz CT molecular complexity index is 1200. The van der Waals surface area contributed by atoms with Gasteiger partial charge >= 0.3 is 5.97 Å². The average molecular weight is 578 g/mol. The number of hydrogen-bond donors (Lipinski definition) is 0. The normalized spacial score (nSPS) is 14.5. The summed E-state index contributed by atoms with van der Waals surface area (Å²) in [7, 11) is 2.73. The van der Waals surface area contributed by atoms with Gasteiger partial charge < -0.3 is 18.9 Å². The summed E-state index contributed by atoms with van der Waals surface area (Å²) in [6.45, 7) is 6.22. The number of methoxy groups -OCH3 is 2. The maximum Gasteiger partial charge on any atom is 0.343 e. The zero-order valence-electron chi connectivity index (χ0n) is 20.8. The third kappa shape index (κ3) is 6.61. The summed E-state index contributed by atoms with van der Waals surface area (Å²) in [5.41, 5.74) is 2.76. The number of imide groups is 1.